The van der Waals surface area contributed by atoms with Crippen LogP contribution in [0.2, 0.25) is 0 Å². The van der Waals surface area contributed by atoms with E-state index in [1.165, 1.54) is 25.7 Å². The number of rotatable bonds is 4. The van der Waals surface area contributed by atoms with Crippen molar-refractivity contribution >= 4 is 5.91 Å². The van der Waals surface area contributed by atoms with Crippen LogP contribution in [0.3, 0.4) is 0 Å². The molecule has 5 nitrogen and oxygen atoms in total. The zero-order valence-corrected chi connectivity index (χ0v) is 12.4. The van der Waals surface area contributed by atoms with Gasteiger partial charge in [-0.1, -0.05) is 12.8 Å². The summed E-state index contributed by atoms with van der Waals surface area (Å²) >= 11 is 0. The highest BCUT2D eigenvalue weighted by Crippen LogP contribution is 2.28. The lowest BCUT2D eigenvalue weighted by atomic mass is 10.0. The lowest BCUT2D eigenvalue weighted by Gasteiger charge is -2.32. The van der Waals surface area contributed by atoms with E-state index in [1.54, 1.807) is 18.5 Å². The van der Waals surface area contributed by atoms with Crippen LogP contribution >= 0.6 is 0 Å². The van der Waals surface area contributed by atoms with Gasteiger partial charge < -0.3 is 9.64 Å². The Morgan fingerprint density at radius 3 is 2.48 bits per heavy atom. The molecule has 1 amide bonds. The number of carbonyl (C=O) groups is 1. The molecule has 1 aliphatic heterocycles. The minimum atomic E-state index is 0.128. The molecule has 2 aliphatic rings. The minimum Gasteiger partial charge on any atom is -0.460 e. The van der Waals surface area contributed by atoms with E-state index in [2.05, 4.69) is 9.97 Å². The fourth-order valence-electron chi connectivity index (χ4n) is 3.31. The Labute approximate surface area is 125 Å². The molecule has 5 heteroatoms. The van der Waals surface area contributed by atoms with Gasteiger partial charge in [-0.15, -0.1) is 0 Å². The summed E-state index contributed by atoms with van der Waals surface area (Å²) in [4.78, 5) is 22.4. The van der Waals surface area contributed by atoms with E-state index in [4.69, 9.17) is 4.74 Å². The van der Waals surface area contributed by atoms with Crippen LogP contribution in [0.15, 0.2) is 18.5 Å². The van der Waals surface area contributed by atoms with Gasteiger partial charge in [0.2, 0.25) is 5.91 Å². The maximum Gasteiger partial charge on any atom is 0.316 e. The Balaban J connectivity index is 1.43. The predicted octanol–water partition coefficient (Wildman–Crippen LogP) is 2.43. The summed E-state index contributed by atoms with van der Waals surface area (Å²) in [5.74, 6) is 0.959. The fourth-order valence-corrected chi connectivity index (χ4v) is 3.31. The molecule has 21 heavy (non-hydrogen) atoms. The van der Waals surface area contributed by atoms with Crippen LogP contribution in [0.4, 0.5) is 0 Å². The number of amides is 1. The third-order valence-electron chi connectivity index (χ3n) is 4.55. The second-order valence-corrected chi connectivity index (χ2v) is 6.08. The Bertz CT molecular complexity index is 452. The van der Waals surface area contributed by atoms with E-state index in [9.17, 15) is 4.79 Å². The first-order valence-corrected chi connectivity index (χ1v) is 8.03. The summed E-state index contributed by atoms with van der Waals surface area (Å²) in [7, 11) is 0. The van der Waals surface area contributed by atoms with Crippen LogP contribution in [0.1, 0.15) is 44.9 Å². The minimum absolute atomic E-state index is 0.128. The van der Waals surface area contributed by atoms with Gasteiger partial charge in [-0.25, -0.2) is 9.97 Å². The second-order valence-electron chi connectivity index (χ2n) is 6.08. The SMILES string of the molecule is O=C(CC1CCCC1)N1CCC(Oc2ncccn2)CC1. The first-order chi connectivity index (χ1) is 10.3. The van der Waals surface area contributed by atoms with Crippen molar-refractivity contribution in [2.75, 3.05) is 13.1 Å². The van der Waals surface area contributed by atoms with Gasteiger partial charge in [0, 0.05) is 44.7 Å². The molecule has 2 heterocycles. The van der Waals surface area contributed by atoms with E-state index in [1.807, 2.05) is 4.90 Å². The fraction of sp³-hybridized carbons (Fsp3) is 0.688. The van der Waals surface area contributed by atoms with Crippen molar-refractivity contribution in [3.8, 4) is 6.01 Å². The van der Waals surface area contributed by atoms with Gasteiger partial charge >= 0.3 is 6.01 Å². The summed E-state index contributed by atoms with van der Waals surface area (Å²) in [5, 5.41) is 0. The molecular weight excluding hydrogens is 266 g/mol. The van der Waals surface area contributed by atoms with Crippen LogP contribution < -0.4 is 4.74 Å². The molecule has 0 N–H and O–H groups in total. The average Bonchev–Trinajstić information content (AvgIpc) is 3.02. The molecule has 114 valence electrons. The van der Waals surface area contributed by atoms with Crippen molar-refractivity contribution in [3.63, 3.8) is 0 Å². The highest BCUT2D eigenvalue weighted by molar-refractivity contribution is 5.76. The number of ether oxygens (including phenoxy) is 1. The van der Waals surface area contributed by atoms with Crippen molar-refractivity contribution in [1.82, 2.24) is 14.9 Å². The zero-order valence-electron chi connectivity index (χ0n) is 12.4. The van der Waals surface area contributed by atoms with E-state index < -0.39 is 0 Å². The molecule has 3 rings (SSSR count). The normalized spacial score (nSPS) is 20.7. The molecule has 1 saturated carbocycles. The molecule has 0 spiro atoms. The topological polar surface area (TPSA) is 55.3 Å². The molecular formula is C16H23N3O2. The molecule has 0 atom stereocenters. The number of carbonyl (C=O) groups excluding carboxylic acids is 1. The molecule has 1 aromatic heterocycles. The number of nitrogens with zero attached hydrogens (tertiary/aromatic N) is 3. The summed E-state index contributed by atoms with van der Waals surface area (Å²) in [6, 6.07) is 2.21. The average molecular weight is 289 g/mol. The molecule has 1 aliphatic carbocycles. The summed E-state index contributed by atoms with van der Waals surface area (Å²) in [6.45, 7) is 1.59. The highest BCUT2D eigenvalue weighted by atomic mass is 16.5. The van der Waals surface area contributed by atoms with Gasteiger partial charge in [0.15, 0.2) is 0 Å². The quantitative estimate of drug-likeness (QED) is 0.854. The summed E-state index contributed by atoms with van der Waals surface area (Å²) in [6.07, 6.45) is 11.0. The number of hydrogen-bond acceptors (Lipinski definition) is 4. The zero-order chi connectivity index (χ0) is 14.5. The van der Waals surface area contributed by atoms with Crippen molar-refractivity contribution in [3.05, 3.63) is 18.5 Å². The van der Waals surface area contributed by atoms with E-state index in [0.29, 0.717) is 17.8 Å². The molecule has 0 radical (unpaired) electrons. The standard InChI is InChI=1S/C16H23N3O2/c20-15(12-13-4-1-2-5-13)19-10-6-14(7-11-19)21-16-17-8-3-9-18-16/h3,8-9,13-14H,1-2,4-7,10-12H2. The van der Waals surface area contributed by atoms with Gasteiger partial charge in [-0.3, -0.25) is 4.79 Å². The summed E-state index contributed by atoms with van der Waals surface area (Å²) in [5.41, 5.74) is 0. The third kappa shape index (κ3) is 3.93. The largest absolute Gasteiger partial charge is 0.460 e. The maximum atomic E-state index is 12.3. The molecule has 1 aromatic rings. The van der Waals surface area contributed by atoms with Gasteiger partial charge in [-0.2, -0.15) is 0 Å². The van der Waals surface area contributed by atoms with E-state index in [0.717, 1.165) is 32.4 Å². The van der Waals surface area contributed by atoms with Crippen molar-refractivity contribution in [2.45, 2.75) is 51.0 Å². The van der Waals surface area contributed by atoms with Gasteiger partial charge in [0.25, 0.3) is 0 Å². The molecule has 2 fully saturated rings. The Morgan fingerprint density at radius 1 is 1.14 bits per heavy atom. The number of aromatic nitrogens is 2. The Hall–Kier alpha value is -1.65. The number of piperidine rings is 1. The molecule has 0 aromatic carbocycles. The summed E-state index contributed by atoms with van der Waals surface area (Å²) < 4.78 is 5.76. The molecule has 0 unspecified atom stereocenters. The van der Waals surface area contributed by atoms with Crippen LogP contribution in [-0.4, -0.2) is 40.0 Å². The lowest BCUT2D eigenvalue weighted by Crippen LogP contribution is -2.42. The predicted molar refractivity (Wildman–Crippen MR) is 78.8 cm³/mol. The molecule has 0 bridgehead atoms. The third-order valence-corrected chi connectivity index (χ3v) is 4.55. The Morgan fingerprint density at radius 2 is 1.81 bits per heavy atom. The first-order valence-electron chi connectivity index (χ1n) is 8.03. The maximum absolute atomic E-state index is 12.3. The lowest BCUT2D eigenvalue weighted by molar-refractivity contribution is -0.134. The van der Waals surface area contributed by atoms with Crippen LogP contribution in [0.25, 0.3) is 0 Å². The van der Waals surface area contributed by atoms with E-state index >= 15 is 0 Å². The number of likely N-dealkylation sites (tertiary alicyclic amines) is 1. The monoisotopic (exact) mass is 289 g/mol. The number of hydrogen-bond donors (Lipinski definition) is 0. The van der Waals surface area contributed by atoms with Crippen molar-refractivity contribution < 1.29 is 9.53 Å². The second kappa shape index (κ2) is 6.87. The smallest absolute Gasteiger partial charge is 0.316 e. The van der Waals surface area contributed by atoms with Crippen LogP contribution in [0, 0.1) is 5.92 Å². The van der Waals surface area contributed by atoms with Gasteiger partial charge in [0.1, 0.15) is 6.10 Å². The van der Waals surface area contributed by atoms with Crippen LogP contribution in [-0.2, 0) is 4.79 Å². The van der Waals surface area contributed by atoms with Gasteiger partial charge in [-0.05, 0) is 24.8 Å². The molecule has 1 saturated heterocycles. The van der Waals surface area contributed by atoms with Crippen LogP contribution in [0.5, 0.6) is 6.01 Å². The Kier molecular flexibility index (Phi) is 4.68. The van der Waals surface area contributed by atoms with Crippen molar-refractivity contribution in [1.29, 1.82) is 0 Å². The highest BCUT2D eigenvalue weighted by Gasteiger charge is 2.26. The van der Waals surface area contributed by atoms with Crippen molar-refractivity contribution in [2.24, 2.45) is 5.92 Å². The van der Waals surface area contributed by atoms with Gasteiger partial charge in [0.05, 0.1) is 0 Å². The van der Waals surface area contributed by atoms with E-state index in [-0.39, 0.29) is 6.10 Å². The first kappa shape index (κ1) is 14.3.